The molecule has 1 N–H and O–H groups in total. The van der Waals surface area contributed by atoms with Crippen molar-refractivity contribution in [3.05, 3.63) is 102 Å². The van der Waals surface area contributed by atoms with Gasteiger partial charge in [-0.2, -0.15) is 0 Å². The first-order valence-electron chi connectivity index (χ1n) is 9.67. The monoisotopic (exact) mass is 367 g/mol. The van der Waals surface area contributed by atoms with Crippen LogP contribution in [0.5, 0.6) is 0 Å². The smallest absolute Gasteiger partial charge is 0.326 e. The number of benzene rings is 3. The number of fused-ring (bicyclic) bond motifs is 3. The summed E-state index contributed by atoms with van der Waals surface area (Å²) in [4.78, 5) is 14.0. The van der Waals surface area contributed by atoms with Crippen molar-refractivity contribution in [1.82, 2.24) is 0 Å². The first-order chi connectivity index (χ1) is 13.8. The average molecular weight is 367 g/mol. The van der Waals surface area contributed by atoms with Gasteiger partial charge in [-0.25, -0.2) is 4.79 Å². The predicted molar refractivity (Wildman–Crippen MR) is 112 cm³/mol. The van der Waals surface area contributed by atoms with E-state index in [0.717, 1.165) is 5.69 Å². The lowest BCUT2D eigenvalue weighted by Crippen LogP contribution is -2.43. The van der Waals surface area contributed by atoms with Crippen LogP contribution in [0, 0.1) is 0 Å². The molecule has 0 amide bonds. The second-order valence-electron chi connectivity index (χ2n) is 7.38. The van der Waals surface area contributed by atoms with Gasteiger partial charge in [0.1, 0.15) is 6.04 Å². The topological polar surface area (TPSA) is 40.5 Å². The van der Waals surface area contributed by atoms with Crippen molar-refractivity contribution in [1.29, 1.82) is 0 Å². The van der Waals surface area contributed by atoms with Crippen LogP contribution in [0.4, 0.5) is 5.69 Å². The predicted octanol–water partition coefficient (Wildman–Crippen LogP) is 5.07. The summed E-state index contributed by atoms with van der Waals surface area (Å²) in [6, 6.07) is 24.8. The molecule has 2 unspecified atom stereocenters. The molecule has 28 heavy (non-hydrogen) atoms. The number of anilines is 1. The number of carbonyl (C=O) groups is 1. The van der Waals surface area contributed by atoms with Crippen LogP contribution in [0.2, 0.25) is 0 Å². The van der Waals surface area contributed by atoms with E-state index in [1.54, 1.807) is 0 Å². The highest BCUT2D eigenvalue weighted by atomic mass is 16.4. The lowest BCUT2D eigenvalue weighted by atomic mass is 9.87. The summed E-state index contributed by atoms with van der Waals surface area (Å²) in [5.74, 6) is -0.655. The van der Waals surface area contributed by atoms with Crippen molar-refractivity contribution in [2.24, 2.45) is 0 Å². The van der Waals surface area contributed by atoms with Crippen molar-refractivity contribution < 1.29 is 9.90 Å². The van der Waals surface area contributed by atoms with Crippen LogP contribution >= 0.6 is 0 Å². The molecule has 3 aromatic carbocycles. The Labute approximate surface area is 164 Å². The second-order valence-corrected chi connectivity index (χ2v) is 7.38. The lowest BCUT2D eigenvalue weighted by Gasteiger charge is -2.34. The summed E-state index contributed by atoms with van der Waals surface area (Å²) in [7, 11) is 0. The molecule has 2 atom stereocenters. The van der Waals surface area contributed by atoms with E-state index >= 15 is 0 Å². The summed E-state index contributed by atoms with van der Waals surface area (Å²) in [6.45, 7) is 0.616. The third-order valence-electron chi connectivity index (χ3n) is 5.87. The molecule has 0 saturated heterocycles. The molecule has 1 aliphatic carbocycles. The fourth-order valence-electron chi connectivity index (χ4n) is 4.65. The highest BCUT2D eigenvalue weighted by molar-refractivity contribution is 5.88. The molecule has 0 fully saturated rings. The quantitative estimate of drug-likeness (QED) is 0.514. The minimum Gasteiger partial charge on any atom is -0.480 e. The third-order valence-corrected chi connectivity index (χ3v) is 5.87. The molecule has 3 nitrogen and oxygen atoms in total. The van der Waals surface area contributed by atoms with Gasteiger partial charge >= 0.3 is 5.97 Å². The van der Waals surface area contributed by atoms with E-state index in [1.807, 2.05) is 17.0 Å². The van der Waals surface area contributed by atoms with Crippen LogP contribution in [0.25, 0.3) is 11.1 Å². The Morgan fingerprint density at radius 2 is 1.61 bits per heavy atom. The van der Waals surface area contributed by atoms with E-state index < -0.39 is 12.0 Å². The van der Waals surface area contributed by atoms with E-state index in [9.17, 15) is 9.90 Å². The molecule has 0 bridgehead atoms. The van der Waals surface area contributed by atoms with Crippen LogP contribution < -0.4 is 4.90 Å². The summed E-state index contributed by atoms with van der Waals surface area (Å²) in [5.41, 5.74) is 7.22. The van der Waals surface area contributed by atoms with E-state index in [4.69, 9.17) is 0 Å². The molecule has 1 aliphatic heterocycles. The molecule has 0 saturated carbocycles. The molecule has 0 radical (unpaired) electrons. The zero-order chi connectivity index (χ0) is 19.1. The number of hydrogen-bond donors (Lipinski definition) is 1. The number of aliphatic carboxylic acids is 1. The average Bonchev–Trinajstić information content (AvgIpc) is 3.09. The highest BCUT2D eigenvalue weighted by Gasteiger charge is 2.35. The summed E-state index contributed by atoms with van der Waals surface area (Å²) in [6.07, 6.45) is 4.57. The summed E-state index contributed by atoms with van der Waals surface area (Å²) < 4.78 is 0. The van der Waals surface area contributed by atoms with E-state index in [-0.39, 0.29) is 5.92 Å². The standard InChI is InChI=1S/C25H21NO2/c27-25(28)22-14-6-7-16-26(22)21-15-8-13-20-18-11-4-5-12-19(18)23(24(20)21)17-9-2-1-3-10-17/h1-13,15,22-23H,14,16H2,(H,27,28). The Kier molecular flexibility index (Phi) is 4.01. The summed E-state index contributed by atoms with van der Waals surface area (Å²) >= 11 is 0. The molecule has 0 aromatic heterocycles. The Morgan fingerprint density at radius 3 is 2.43 bits per heavy atom. The van der Waals surface area contributed by atoms with Crippen LogP contribution in [-0.4, -0.2) is 23.7 Å². The zero-order valence-corrected chi connectivity index (χ0v) is 15.5. The first kappa shape index (κ1) is 16.8. The van der Waals surface area contributed by atoms with Gasteiger partial charge in [0.2, 0.25) is 0 Å². The molecule has 5 rings (SSSR count). The molecular formula is C25H21NO2. The first-order valence-corrected chi connectivity index (χ1v) is 9.67. The van der Waals surface area contributed by atoms with Gasteiger partial charge in [-0.3, -0.25) is 0 Å². The van der Waals surface area contributed by atoms with Crippen LogP contribution in [-0.2, 0) is 4.79 Å². The maximum absolute atomic E-state index is 11.9. The molecule has 1 heterocycles. The zero-order valence-electron chi connectivity index (χ0n) is 15.5. The second kappa shape index (κ2) is 6.68. The van der Waals surface area contributed by atoms with Crippen molar-refractivity contribution >= 4 is 11.7 Å². The maximum Gasteiger partial charge on any atom is 0.326 e. The van der Waals surface area contributed by atoms with Crippen LogP contribution in [0.15, 0.2) is 84.9 Å². The van der Waals surface area contributed by atoms with Crippen molar-refractivity contribution in [2.45, 2.75) is 18.4 Å². The normalized spacial score (nSPS) is 19.9. The Hall–Kier alpha value is -3.33. The number of hydrogen-bond acceptors (Lipinski definition) is 2. The molecule has 2 aliphatic rings. The van der Waals surface area contributed by atoms with Crippen molar-refractivity contribution in [3.8, 4) is 11.1 Å². The van der Waals surface area contributed by atoms with Crippen molar-refractivity contribution in [2.75, 3.05) is 11.4 Å². The van der Waals surface area contributed by atoms with E-state index in [0.29, 0.717) is 13.0 Å². The largest absolute Gasteiger partial charge is 0.480 e. The maximum atomic E-state index is 11.9. The lowest BCUT2D eigenvalue weighted by molar-refractivity contribution is -0.138. The molecular weight excluding hydrogens is 346 g/mol. The van der Waals surface area contributed by atoms with Gasteiger partial charge in [-0.05, 0) is 40.3 Å². The third kappa shape index (κ3) is 2.55. The van der Waals surface area contributed by atoms with Crippen LogP contribution in [0.1, 0.15) is 29.0 Å². The minimum atomic E-state index is -0.770. The van der Waals surface area contributed by atoms with Gasteiger partial charge in [-0.15, -0.1) is 0 Å². The Balaban J connectivity index is 1.74. The molecule has 3 aromatic rings. The SMILES string of the molecule is O=C(O)C1CC=CCN1c1cccc2c1C(c1ccccc1)c1ccccc1-2. The van der Waals surface area contributed by atoms with E-state index in [2.05, 4.69) is 72.8 Å². The fraction of sp³-hybridized carbons (Fsp3) is 0.160. The molecule has 138 valence electrons. The van der Waals surface area contributed by atoms with Gasteiger partial charge in [0.15, 0.2) is 0 Å². The highest BCUT2D eigenvalue weighted by Crippen LogP contribution is 2.51. The number of carboxylic acids is 1. The Morgan fingerprint density at radius 1 is 0.857 bits per heavy atom. The van der Waals surface area contributed by atoms with Gasteiger partial charge in [0, 0.05) is 18.2 Å². The summed E-state index contributed by atoms with van der Waals surface area (Å²) in [5, 5.41) is 9.80. The van der Waals surface area contributed by atoms with E-state index in [1.165, 1.54) is 27.8 Å². The van der Waals surface area contributed by atoms with Gasteiger partial charge in [-0.1, -0.05) is 78.9 Å². The molecule has 3 heteroatoms. The number of nitrogens with zero attached hydrogens (tertiary/aromatic N) is 1. The molecule has 0 spiro atoms. The Bertz CT molecular complexity index is 1070. The number of rotatable bonds is 3. The minimum absolute atomic E-state index is 0.115. The van der Waals surface area contributed by atoms with Gasteiger partial charge in [0.25, 0.3) is 0 Å². The van der Waals surface area contributed by atoms with Gasteiger partial charge < -0.3 is 10.0 Å². The van der Waals surface area contributed by atoms with Crippen molar-refractivity contribution in [3.63, 3.8) is 0 Å². The fourth-order valence-corrected chi connectivity index (χ4v) is 4.65. The number of carboxylic acid groups (broad SMARTS) is 1. The van der Waals surface area contributed by atoms with Gasteiger partial charge in [0.05, 0.1) is 0 Å². The van der Waals surface area contributed by atoms with Crippen LogP contribution in [0.3, 0.4) is 0 Å².